The maximum Gasteiger partial charge on any atom is 0.160 e. The van der Waals surface area contributed by atoms with Crippen LogP contribution < -0.4 is 0 Å². The zero-order valence-corrected chi connectivity index (χ0v) is 33.4. The van der Waals surface area contributed by atoms with Crippen LogP contribution in [0.25, 0.3) is 78.4 Å². The van der Waals surface area contributed by atoms with Crippen molar-refractivity contribution in [2.24, 2.45) is 0 Å². The van der Waals surface area contributed by atoms with Gasteiger partial charge in [-0.2, -0.15) is 0 Å². The highest BCUT2D eigenvalue weighted by Gasteiger charge is 2.46. The number of pyridine rings is 1. The fraction of sp³-hybridized carbons (Fsp3) is 0.0172. The molecule has 0 aliphatic heterocycles. The second-order valence-electron chi connectivity index (χ2n) is 15.6. The molecule has 10 aromatic rings. The summed E-state index contributed by atoms with van der Waals surface area (Å²) in [5.74, 6) is 0.698. The van der Waals surface area contributed by atoms with Gasteiger partial charge < -0.3 is 0 Å². The Morgan fingerprint density at radius 3 is 1.30 bits per heavy atom. The van der Waals surface area contributed by atoms with Crippen molar-refractivity contribution in [3.05, 3.63) is 259 Å². The summed E-state index contributed by atoms with van der Waals surface area (Å²) in [5, 5.41) is 0. The van der Waals surface area contributed by atoms with E-state index in [0.29, 0.717) is 5.82 Å². The van der Waals surface area contributed by atoms with Gasteiger partial charge in [0.15, 0.2) is 5.82 Å². The fourth-order valence-corrected chi connectivity index (χ4v) is 9.14. The van der Waals surface area contributed by atoms with Crippen LogP contribution >= 0.6 is 0 Å². The lowest BCUT2D eigenvalue weighted by Crippen LogP contribution is -2.28. The third kappa shape index (κ3) is 6.44. The van der Waals surface area contributed by atoms with Gasteiger partial charge in [-0.05, 0) is 85.0 Å². The number of benzene rings is 8. The van der Waals surface area contributed by atoms with Crippen molar-refractivity contribution in [1.29, 1.82) is 0 Å². The molecule has 0 spiro atoms. The summed E-state index contributed by atoms with van der Waals surface area (Å²) in [5.41, 5.74) is 19.0. The first kappa shape index (κ1) is 36.1. The number of nitrogens with zero attached hydrogens (tertiary/aromatic N) is 3. The Kier molecular flexibility index (Phi) is 9.05. The van der Waals surface area contributed by atoms with Gasteiger partial charge in [-0.25, -0.2) is 9.97 Å². The minimum absolute atomic E-state index is 0.427. The Hall–Kier alpha value is -8.01. The summed E-state index contributed by atoms with van der Waals surface area (Å²) in [7, 11) is 0. The smallest absolute Gasteiger partial charge is 0.160 e. The Balaban J connectivity index is 0.921. The summed E-state index contributed by atoms with van der Waals surface area (Å²) in [6.07, 6.45) is 3.68. The van der Waals surface area contributed by atoms with Gasteiger partial charge in [-0.15, -0.1) is 0 Å². The average Bonchev–Trinajstić information content (AvgIpc) is 3.65. The standard InChI is InChI=1S/C58H39N3/c1-4-13-46(14-5-1)57-60-55(38-56(61-57)45-32-28-43(29-33-45)48-15-12-36-59-39-48)44-30-26-41(27-31-44)40-22-24-42(25-23-40)47-34-35-52-51-20-10-11-21-53(51)58(54(52)37-47,49-16-6-2-7-17-49)50-18-8-3-9-19-50/h1-39H. The van der Waals surface area contributed by atoms with E-state index < -0.39 is 5.41 Å². The van der Waals surface area contributed by atoms with Gasteiger partial charge in [0, 0.05) is 29.1 Å². The van der Waals surface area contributed by atoms with Gasteiger partial charge >= 0.3 is 0 Å². The number of rotatable bonds is 8. The minimum atomic E-state index is -0.427. The zero-order chi connectivity index (χ0) is 40.6. The molecule has 8 aromatic carbocycles. The van der Waals surface area contributed by atoms with Crippen LogP contribution in [0.1, 0.15) is 22.3 Å². The molecule has 0 saturated carbocycles. The predicted octanol–water partition coefficient (Wildman–Crippen LogP) is 14.2. The lowest BCUT2D eigenvalue weighted by atomic mass is 9.67. The van der Waals surface area contributed by atoms with Crippen molar-refractivity contribution in [2.75, 3.05) is 0 Å². The van der Waals surface area contributed by atoms with Gasteiger partial charge in [0.2, 0.25) is 0 Å². The van der Waals surface area contributed by atoms with Crippen molar-refractivity contribution in [2.45, 2.75) is 5.41 Å². The molecule has 2 aromatic heterocycles. The highest BCUT2D eigenvalue weighted by atomic mass is 14.9. The molecule has 2 heterocycles. The summed E-state index contributed by atoms with van der Waals surface area (Å²) in [6, 6.07) is 80.4. The first-order valence-electron chi connectivity index (χ1n) is 20.7. The van der Waals surface area contributed by atoms with Crippen molar-refractivity contribution < 1.29 is 0 Å². The van der Waals surface area contributed by atoms with Gasteiger partial charge in [0.05, 0.1) is 16.8 Å². The molecule has 0 radical (unpaired) electrons. The number of hydrogen-bond acceptors (Lipinski definition) is 3. The monoisotopic (exact) mass is 777 g/mol. The van der Waals surface area contributed by atoms with Gasteiger partial charge in [-0.3, -0.25) is 4.98 Å². The van der Waals surface area contributed by atoms with E-state index in [1.54, 1.807) is 6.20 Å². The Bertz CT molecular complexity index is 3090. The van der Waals surface area contributed by atoms with E-state index in [2.05, 4.69) is 205 Å². The van der Waals surface area contributed by atoms with E-state index in [0.717, 1.165) is 50.3 Å². The van der Waals surface area contributed by atoms with E-state index >= 15 is 0 Å². The predicted molar refractivity (Wildman–Crippen MR) is 250 cm³/mol. The Morgan fingerprint density at radius 2 is 0.738 bits per heavy atom. The molecule has 3 nitrogen and oxygen atoms in total. The van der Waals surface area contributed by atoms with E-state index in [1.165, 1.54) is 44.5 Å². The van der Waals surface area contributed by atoms with Crippen LogP contribution in [0.5, 0.6) is 0 Å². The molecular formula is C58H39N3. The molecular weight excluding hydrogens is 739 g/mol. The molecule has 1 aliphatic carbocycles. The summed E-state index contributed by atoms with van der Waals surface area (Å²) >= 11 is 0. The summed E-state index contributed by atoms with van der Waals surface area (Å²) in [6.45, 7) is 0. The quantitative estimate of drug-likeness (QED) is 0.154. The largest absolute Gasteiger partial charge is 0.264 e. The third-order valence-corrected chi connectivity index (χ3v) is 12.1. The molecule has 61 heavy (non-hydrogen) atoms. The normalized spacial score (nSPS) is 12.4. The van der Waals surface area contributed by atoms with Gasteiger partial charge in [-0.1, -0.05) is 206 Å². The highest BCUT2D eigenvalue weighted by molar-refractivity contribution is 5.88. The van der Waals surface area contributed by atoms with Crippen molar-refractivity contribution in [3.63, 3.8) is 0 Å². The van der Waals surface area contributed by atoms with E-state index in [1.807, 2.05) is 30.5 Å². The minimum Gasteiger partial charge on any atom is -0.264 e. The Morgan fingerprint density at radius 1 is 0.295 bits per heavy atom. The second-order valence-corrected chi connectivity index (χ2v) is 15.6. The molecule has 0 N–H and O–H groups in total. The van der Waals surface area contributed by atoms with Crippen LogP contribution in [0.4, 0.5) is 0 Å². The van der Waals surface area contributed by atoms with Crippen LogP contribution in [-0.2, 0) is 5.41 Å². The number of fused-ring (bicyclic) bond motifs is 3. The van der Waals surface area contributed by atoms with Crippen molar-refractivity contribution >= 4 is 0 Å². The van der Waals surface area contributed by atoms with Gasteiger partial charge in [0.1, 0.15) is 0 Å². The number of aromatic nitrogens is 3. The third-order valence-electron chi connectivity index (χ3n) is 12.1. The van der Waals surface area contributed by atoms with Crippen LogP contribution in [-0.4, -0.2) is 15.0 Å². The first-order valence-corrected chi connectivity index (χ1v) is 20.7. The highest BCUT2D eigenvalue weighted by Crippen LogP contribution is 2.56. The first-order chi connectivity index (χ1) is 30.2. The second kappa shape index (κ2) is 15.3. The molecule has 0 unspecified atom stereocenters. The van der Waals surface area contributed by atoms with E-state index in [4.69, 9.17) is 9.97 Å². The maximum absolute atomic E-state index is 5.08. The lowest BCUT2D eigenvalue weighted by Gasteiger charge is -2.34. The van der Waals surface area contributed by atoms with Crippen LogP contribution in [0.3, 0.4) is 0 Å². The fourth-order valence-electron chi connectivity index (χ4n) is 9.14. The average molecular weight is 778 g/mol. The molecule has 1 aliphatic rings. The van der Waals surface area contributed by atoms with Gasteiger partial charge in [0.25, 0.3) is 0 Å². The zero-order valence-electron chi connectivity index (χ0n) is 33.4. The molecule has 0 amide bonds. The summed E-state index contributed by atoms with van der Waals surface area (Å²) < 4.78 is 0. The van der Waals surface area contributed by atoms with E-state index in [9.17, 15) is 0 Å². The van der Waals surface area contributed by atoms with Crippen molar-refractivity contribution in [1.82, 2.24) is 15.0 Å². The molecule has 0 atom stereocenters. The topological polar surface area (TPSA) is 38.7 Å². The lowest BCUT2D eigenvalue weighted by molar-refractivity contribution is 0.769. The SMILES string of the molecule is c1ccc(-c2nc(-c3ccc(-c4ccc(-c5ccc6c(c5)C(c5ccccc5)(c5ccccc5)c5ccccc5-6)cc4)cc3)cc(-c3ccc(-c4cccnc4)cc3)n2)cc1. The Labute approximate surface area is 356 Å². The molecule has 0 saturated heterocycles. The van der Waals surface area contributed by atoms with Crippen LogP contribution in [0.2, 0.25) is 0 Å². The maximum atomic E-state index is 5.08. The molecule has 11 rings (SSSR count). The van der Waals surface area contributed by atoms with Crippen molar-refractivity contribution in [3.8, 4) is 78.4 Å². The molecule has 286 valence electrons. The van der Waals surface area contributed by atoms with E-state index in [-0.39, 0.29) is 0 Å². The molecule has 0 bridgehead atoms. The number of hydrogen-bond donors (Lipinski definition) is 0. The van der Waals surface area contributed by atoms with Crippen LogP contribution in [0.15, 0.2) is 237 Å². The molecule has 3 heteroatoms. The van der Waals surface area contributed by atoms with Crippen LogP contribution in [0, 0.1) is 0 Å². The molecule has 0 fully saturated rings. The summed E-state index contributed by atoms with van der Waals surface area (Å²) in [4.78, 5) is 14.4.